The minimum Gasteiger partial charge on any atom is -0.453 e. The van der Waals surface area contributed by atoms with Crippen LogP contribution in [0.15, 0.2) is 30.3 Å². The Hall–Kier alpha value is -0.930. The number of alkyl halides is 2. The van der Waals surface area contributed by atoms with Crippen LogP contribution in [0.5, 0.6) is 0 Å². The second kappa shape index (κ2) is 5.81. The van der Waals surface area contributed by atoms with Crippen LogP contribution < -0.4 is 5.32 Å². The largest absolute Gasteiger partial charge is 0.453 e. The summed E-state index contributed by atoms with van der Waals surface area (Å²) in [4.78, 5) is 11.5. The Balaban J connectivity index is 1.71. The molecule has 0 aliphatic heterocycles. The summed E-state index contributed by atoms with van der Waals surface area (Å²) in [5, 5.41) is 3.06. The van der Waals surface area contributed by atoms with Crippen molar-refractivity contribution < 1.29 is 9.53 Å². The zero-order valence-electron chi connectivity index (χ0n) is 13.8. The second-order valence-electron chi connectivity index (χ2n) is 7.89. The number of hydrogen-bond donors (Lipinski definition) is 1. The van der Waals surface area contributed by atoms with Gasteiger partial charge in [0.25, 0.3) is 0 Å². The first-order chi connectivity index (χ1) is 11.4. The highest BCUT2D eigenvalue weighted by molar-refractivity contribution is 6.28. The zero-order chi connectivity index (χ0) is 16.9. The summed E-state index contributed by atoms with van der Waals surface area (Å²) in [7, 11) is 1.40. The lowest BCUT2D eigenvalue weighted by atomic mass is 9.49. The van der Waals surface area contributed by atoms with E-state index < -0.39 is 6.09 Å². The summed E-state index contributed by atoms with van der Waals surface area (Å²) in [6, 6.07) is 9.97. The van der Waals surface area contributed by atoms with Crippen LogP contribution in [-0.2, 0) is 4.74 Å². The number of carbonyl (C=O) groups excluding carboxylic acids is 1. The molecule has 5 rings (SSSR count). The second-order valence-corrected chi connectivity index (χ2v) is 9.44. The Labute approximate surface area is 153 Å². The number of carbonyl (C=O) groups is 1. The van der Waals surface area contributed by atoms with E-state index in [4.69, 9.17) is 27.9 Å². The number of rotatable bonds is 3. The Kier molecular flexibility index (Phi) is 4.00. The smallest absolute Gasteiger partial charge is 0.407 e. The van der Waals surface area contributed by atoms with E-state index in [1.54, 1.807) is 0 Å². The Morgan fingerprint density at radius 2 is 2.00 bits per heavy atom. The third kappa shape index (κ3) is 2.70. The summed E-state index contributed by atoms with van der Waals surface area (Å²) < 4.78 is 4.88. The van der Waals surface area contributed by atoms with Crippen molar-refractivity contribution in [3.63, 3.8) is 0 Å². The first kappa shape index (κ1) is 16.5. The zero-order valence-corrected chi connectivity index (χ0v) is 15.3. The van der Waals surface area contributed by atoms with Crippen LogP contribution in [0.4, 0.5) is 4.79 Å². The maximum atomic E-state index is 12.0. The summed E-state index contributed by atoms with van der Waals surface area (Å²) in [5.41, 5.74) is 1.09. The normalized spacial score (nSPS) is 41.0. The molecule has 0 radical (unpaired) electrons. The van der Waals surface area contributed by atoms with Crippen LogP contribution in [0.25, 0.3) is 0 Å². The molecule has 1 N–H and O–H groups in total. The van der Waals surface area contributed by atoms with E-state index in [9.17, 15) is 4.79 Å². The quantitative estimate of drug-likeness (QED) is 0.773. The van der Waals surface area contributed by atoms with Gasteiger partial charge in [0.2, 0.25) is 0 Å². The van der Waals surface area contributed by atoms with E-state index in [1.165, 1.54) is 13.5 Å². The fourth-order valence-electron chi connectivity index (χ4n) is 5.79. The molecule has 1 aromatic carbocycles. The molecule has 0 spiro atoms. The Morgan fingerprint density at radius 1 is 1.25 bits per heavy atom. The number of benzene rings is 1. The lowest BCUT2D eigenvalue weighted by Crippen LogP contribution is -2.62. The average molecular weight is 368 g/mol. The molecule has 0 heterocycles. The Bertz CT molecular complexity index is 640. The number of nitrogens with one attached hydrogen (secondary N) is 1. The molecule has 4 aliphatic carbocycles. The van der Waals surface area contributed by atoms with Gasteiger partial charge < -0.3 is 10.1 Å². The molecule has 24 heavy (non-hydrogen) atoms. The minimum atomic E-state index is -0.404. The monoisotopic (exact) mass is 367 g/mol. The molecule has 1 amide bonds. The van der Waals surface area contributed by atoms with Crippen molar-refractivity contribution in [2.75, 3.05) is 7.11 Å². The summed E-state index contributed by atoms with van der Waals surface area (Å²) in [6.07, 6.45) is 4.67. The van der Waals surface area contributed by atoms with Crippen molar-refractivity contribution in [2.45, 2.75) is 47.9 Å². The van der Waals surface area contributed by atoms with Gasteiger partial charge in [-0.25, -0.2) is 4.79 Å². The van der Waals surface area contributed by atoms with Crippen molar-refractivity contribution >= 4 is 29.3 Å². The van der Waals surface area contributed by atoms with Crippen LogP contribution in [-0.4, -0.2) is 23.0 Å². The molecule has 1 aromatic rings. The molecule has 4 saturated carbocycles. The molecule has 0 aromatic heterocycles. The number of amides is 1. The van der Waals surface area contributed by atoms with Crippen LogP contribution in [0.3, 0.4) is 0 Å². The standard InChI is InChI=1S/C19H23Cl2NO2/c1-24-17(23)22-16(13-5-3-2-4-6-13)15-14-7-12-8-18(20,10-14)11-19(15,21)9-12/h2-6,12,14-16H,7-11H2,1H3,(H,22,23)/t12-,14-,15+,16-,18-,19-/m0/s1. The first-order valence-corrected chi connectivity index (χ1v) is 9.45. The number of hydrogen-bond acceptors (Lipinski definition) is 2. The predicted molar refractivity (Wildman–Crippen MR) is 95.4 cm³/mol. The van der Waals surface area contributed by atoms with Gasteiger partial charge in [0, 0.05) is 10.8 Å². The number of ether oxygens (including phenoxy) is 1. The molecule has 4 fully saturated rings. The van der Waals surface area contributed by atoms with Gasteiger partial charge in [0.05, 0.1) is 18.0 Å². The predicted octanol–water partition coefficient (Wildman–Crippen LogP) is 4.88. The molecule has 0 saturated heterocycles. The molecule has 4 aliphatic rings. The molecule has 4 bridgehead atoms. The number of alkyl carbamates (subject to hydrolysis) is 1. The van der Waals surface area contributed by atoms with Crippen LogP contribution in [0, 0.1) is 17.8 Å². The third-order valence-corrected chi connectivity index (χ3v) is 7.22. The van der Waals surface area contributed by atoms with Crippen molar-refractivity contribution in [1.29, 1.82) is 0 Å². The van der Waals surface area contributed by atoms with E-state index in [1.807, 2.05) is 18.2 Å². The van der Waals surface area contributed by atoms with Gasteiger partial charge in [-0.05, 0) is 49.5 Å². The van der Waals surface area contributed by atoms with Crippen molar-refractivity contribution in [3.8, 4) is 0 Å². The van der Waals surface area contributed by atoms with E-state index in [2.05, 4.69) is 17.4 Å². The van der Waals surface area contributed by atoms with Gasteiger partial charge in [-0.15, -0.1) is 23.2 Å². The fourth-order valence-corrected chi connectivity index (χ4v) is 7.29. The third-order valence-electron chi connectivity index (χ3n) is 6.24. The maximum Gasteiger partial charge on any atom is 0.407 e. The van der Waals surface area contributed by atoms with E-state index >= 15 is 0 Å². The topological polar surface area (TPSA) is 38.3 Å². The van der Waals surface area contributed by atoms with Gasteiger partial charge in [-0.3, -0.25) is 0 Å². The van der Waals surface area contributed by atoms with Gasteiger partial charge in [-0.1, -0.05) is 30.3 Å². The van der Waals surface area contributed by atoms with E-state index in [0.717, 1.165) is 31.2 Å². The molecule has 0 unspecified atom stereocenters. The van der Waals surface area contributed by atoms with Crippen LogP contribution in [0.2, 0.25) is 0 Å². The highest BCUT2D eigenvalue weighted by atomic mass is 35.5. The maximum absolute atomic E-state index is 12.0. The lowest BCUT2D eigenvalue weighted by Gasteiger charge is -2.63. The highest BCUT2D eigenvalue weighted by Gasteiger charge is 2.63. The Morgan fingerprint density at radius 3 is 2.62 bits per heavy atom. The number of methoxy groups -OCH3 is 1. The molecule has 6 atom stereocenters. The molecule has 5 heteroatoms. The first-order valence-electron chi connectivity index (χ1n) is 8.70. The molecular weight excluding hydrogens is 345 g/mol. The van der Waals surface area contributed by atoms with Crippen molar-refractivity contribution in [2.24, 2.45) is 17.8 Å². The van der Waals surface area contributed by atoms with Crippen LogP contribution >= 0.6 is 23.2 Å². The van der Waals surface area contributed by atoms with Gasteiger partial charge in [-0.2, -0.15) is 0 Å². The van der Waals surface area contributed by atoms with Crippen molar-refractivity contribution in [1.82, 2.24) is 5.32 Å². The van der Waals surface area contributed by atoms with Crippen molar-refractivity contribution in [3.05, 3.63) is 35.9 Å². The molecule has 3 nitrogen and oxygen atoms in total. The van der Waals surface area contributed by atoms with Gasteiger partial charge >= 0.3 is 6.09 Å². The summed E-state index contributed by atoms with van der Waals surface area (Å²) in [5.74, 6) is 1.26. The lowest BCUT2D eigenvalue weighted by molar-refractivity contribution is -0.0241. The van der Waals surface area contributed by atoms with Gasteiger partial charge in [0.1, 0.15) is 0 Å². The number of halogens is 2. The minimum absolute atomic E-state index is 0.138. The average Bonchev–Trinajstić information content (AvgIpc) is 2.51. The summed E-state index contributed by atoms with van der Waals surface area (Å²) in [6.45, 7) is 0. The fraction of sp³-hybridized carbons (Fsp3) is 0.632. The highest BCUT2D eigenvalue weighted by Crippen LogP contribution is 2.66. The SMILES string of the molecule is COC(=O)N[C@@H](c1ccccc1)[C@H]1[C@H]2C[C@H]3C[C@](Cl)(C2)C[C@@]1(Cl)C3. The van der Waals surface area contributed by atoms with E-state index in [0.29, 0.717) is 11.8 Å². The summed E-state index contributed by atoms with van der Waals surface area (Å²) >= 11 is 14.1. The van der Waals surface area contributed by atoms with E-state index in [-0.39, 0.29) is 21.7 Å². The molecule has 130 valence electrons. The van der Waals surface area contributed by atoms with Gasteiger partial charge in [0.15, 0.2) is 0 Å². The molecular formula is C19H23Cl2NO2. The van der Waals surface area contributed by atoms with Crippen LogP contribution in [0.1, 0.15) is 43.7 Å².